The van der Waals surface area contributed by atoms with Crippen LogP contribution in [0.4, 0.5) is 5.69 Å². The highest BCUT2D eigenvalue weighted by Crippen LogP contribution is 2.36. The summed E-state index contributed by atoms with van der Waals surface area (Å²) < 4.78 is 0. The monoisotopic (exact) mass is 287 g/mol. The highest BCUT2D eigenvalue weighted by Gasteiger charge is 2.32. The highest BCUT2D eigenvalue weighted by atomic mass is 16.3. The van der Waals surface area contributed by atoms with Crippen LogP contribution in [0.15, 0.2) is 24.3 Å². The molecule has 0 bridgehead atoms. The van der Waals surface area contributed by atoms with Crippen LogP contribution in [0.1, 0.15) is 45.1 Å². The Morgan fingerprint density at radius 2 is 2.05 bits per heavy atom. The number of aliphatic hydroxyl groups excluding tert-OH is 1. The van der Waals surface area contributed by atoms with E-state index in [0.717, 1.165) is 31.3 Å². The summed E-state index contributed by atoms with van der Waals surface area (Å²) in [6, 6.07) is 8.80. The highest BCUT2D eigenvalue weighted by molar-refractivity contribution is 5.55. The van der Waals surface area contributed by atoms with Crippen LogP contribution >= 0.6 is 0 Å². The molecule has 1 aromatic rings. The quantitative estimate of drug-likeness (QED) is 0.912. The van der Waals surface area contributed by atoms with E-state index < -0.39 is 0 Å². The van der Waals surface area contributed by atoms with E-state index in [-0.39, 0.29) is 6.10 Å². The molecule has 21 heavy (non-hydrogen) atoms. The second-order valence-corrected chi connectivity index (χ2v) is 7.32. The molecule has 1 aliphatic heterocycles. The number of hydrogen-bond acceptors (Lipinski definition) is 2. The molecule has 0 saturated heterocycles. The fraction of sp³-hybridized carbons (Fsp3) is 0.684. The Kier molecular flexibility index (Phi) is 4.54. The molecule has 3 rings (SSSR count). The van der Waals surface area contributed by atoms with Crippen LogP contribution in [-0.2, 0) is 6.42 Å². The Morgan fingerprint density at radius 3 is 2.86 bits per heavy atom. The molecule has 0 aromatic heterocycles. The van der Waals surface area contributed by atoms with Gasteiger partial charge in [0.15, 0.2) is 0 Å². The van der Waals surface area contributed by atoms with Gasteiger partial charge in [0.05, 0.1) is 6.10 Å². The molecule has 1 heterocycles. The molecule has 2 heteroatoms. The van der Waals surface area contributed by atoms with Gasteiger partial charge in [-0.2, -0.15) is 0 Å². The van der Waals surface area contributed by atoms with E-state index in [0.29, 0.717) is 5.92 Å². The molecule has 2 aliphatic rings. The van der Waals surface area contributed by atoms with E-state index in [9.17, 15) is 5.11 Å². The van der Waals surface area contributed by atoms with Crippen LogP contribution in [0.2, 0.25) is 0 Å². The Bertz CT molecular complexity index is 470. The predicted molar refractivity (Wildman–Crippen MR) is 88.7 cm³/mol. The smallest absolute Gasteiger partial charge is 0.0585 e. The molecule has 0 amide bonds. The summed E-state index contributed by atoms with van der Waals surface area (Å²) in [6.45, 7) is 6.83. The van der Waals surface area contributed by atoms with Gasteiger partial charge in [-0.05, 0) is 55.6 Å². The lowest BCUT2D eigenvalue weighted by Crippen LogP contribution is -2.41. The van der Waals surface area contributed by atoms with Gasteiger partial charge in [-0.3, -0.25) is 0 Å². The van der Waals surface area contributed by atoms with Gasteiger partial charge < -0.3 is 10.0 Å². The van der Waals surface area contributed by atoms with E-state index in [2.05, 4.69) is 43.0 Å². The van der Waals surface area contributed by atoms with Gasteiger partial charge in [0.1, 0.15) is 0 Å². The molecule has 2 nitrogen and oxygen atoms in total. The average molecular weight is 287 g/mol. The topological polar surface area (TPSA) is 23.5 Å². The lowest BCUT2D eigenvalue weighted by atomic mass is 9.74. The van der Waals surface area contributed by atoms with Crippen LogP contribution in [-0.4, -0.2) is 24.3 Å². The molecule has 3 unspecified atom stereocenters. The fourth-order valence-corrected chi connectivity index (χ4v) is 4.17. The molecule has 1 saturated carbocycles. The predicted octanol–water partition coefficient (Wildman–Crippen LogP) is 3.87. The zero-order chi connectivity index (χ0) is 14.8. The van der Waals surface area contributed by atoms with Gasteiger partial charge in [0, 0.05) is 24.7 Å². The molecular weight excluding hydrogens is 258 g/mol. The standard InChI is InChI=1S/C19H29NO/c1-14(2)16-9-10-19(21)17(12-16)13-20-11-5-7-15-6-3-4-8-18(15)20/h3-4,6,8,14,16-17,19,21H,5,7,9-13H2,1-2H3. The molecular formula is C19H29NO. The Balaban J connectivity index is 1.71. The number of para-hydroxylation sites is 1. The maximum Gasteiger partial charge on any atom is 0.0585 e. The maximum absolute atomic E-state index is 10.4. The third-order valence-electron chi connectivity index (χ3n) is 5.59. The molecule has 1 fully saturated rings. The van der Waals surface area contributed by atoms with E-state index in [4.69, 9.17) is 0 Å². The number of anilines is 1. The first-order valence-corrected chi connectivity index (χ1v) is 8.66. The second-order valence-electron chi connectivity index (χ2n) is 7.32. The van der Waals surface area contributed by atoms with Gasteiger partial charge in [0.25, 0.3) is 0 Å². The van der Waals surface area contributed by atoms with E-state index in [1.807, 2.05) is 0 Å². The van der Waals surface area contributed by atoms with Crippen molar-refractivity contribution >= 4 is 5.69 Å². The number of fused-ring (bicyclic) bond motifs is 1. The van der Waals surface area contributed by atoms with Crippen molar-refractivity contribution in [2.45, 2.75) is 52.1 Å². The minimum absolute atomic E-state index is 0.103. The SMILES string of the molecule is CC(C)C1CCC(O)C(CN2CCCc3ccccc32)C1. The Labute approximate surface area is 129 Å². The largest absolute Gasteiger partial charge is 0.393 e. The first kappa shape index (κ1) is 14.9. The van der Waals surface area contributed by atoms with Crippen molar-refractivity contribution < 1.29 is 5.11 Å². The number of benzene rings is 1. The minimum Gasteiger partial charge on any atom is -0.393 e. The number of nitrogens with zero attached hydrogens (tertiary/aromatic N) is 1. The van der Waals surface area contributed by atoms with Crippen LogP contribution < -0.4 is 4.90 Å². The van der Waals surface area contributed by atoms with Crippen molar-refractivity contribution in [1.29, 1.82) is 0 Å². The van der Waals surface area contributed by atoms with Crippen molar-refractivity contribution in [2.75, 3.05) is 18.0 Å². The van der Waals surface area contributed by atoms with Crippen molar-refractivity contribution in [3.8, 4) is 0 Å². The number of rotatable bonds is 3. The average Bonchev–Trinajstić information content (AvgIpc) is 2.49. The fourth-order valence-electron chi connectivity index (χ4n) is 4.17. The summed E-state index contributed by atoms with van der Waals surface area (Å²) in [5, 5.41) is 10.4. The number of aliphatic hydroxyl groups is 1. The van der Waals surface area contributed by atoms with E-state index in [1.165, 1.54) is 36.9 Å². The lowest BCUT2D eigenvalue weighted by Gasteiger charge is -2.40. The third kappa shape index (κ3) is 3.26. The summed E-state index contributed by atoms with van der Waals surface area (Å²) in [6.07, 6.45) is 5.73. The zero-order valence-electron chi connectivity index (χ0n) is 13.5. The van der Waals surface area contributed by atoms with E-state index in [1.54, 1.807) is 0 Å². The Morgan fingerprint density at radius 1 is 1.24 bits per heavy atom. The third-order valence-corrected chi connectivity index (χ3v) is 5.59. The molecule has 0 radical (unpaired) electrons. The first-order chi connectivity index (χ1) is 10.1. The second kappa shape index (κ2) is 6.39. The van der Waals surface area contributed by atoms with Crippen molar-refractivity contribution in [2.24, 2.45) is 17.8 Å². The minimum atomic E-state index is -0.103. The van der Waals surface area contributed by atoms with Gasteiger partial charge in [-0.15, -0.1) is 0 Å². The Hall–Kier alpha value is -1.02. The summed E-state index contributed by atoms with van der Waals surface area (Å²) in [5.74, 6) is 1.98. The van der Waals surface area contributed by atoms with Crippen molar-refractivity contribution in [1.82, 2.24) is 0 Å². The molecule has 1 aromatic carbocycles. The van der Waals surface area contributed by atoms with Gasteiger partial charge >= 0.3 is 0 Å². The van der Waals surface area contributed by atoms with Gasteiger partial charge in [-0.25, -0.2) is 0 Å². The molecule has 1 N–H and O–H groups in total. The normalized spacial score (nSPS) is 29.5. The van der Waals surface area contributed by atoms with Gasteiger partial charge in [0.2, 0.25) is 0 Å². The van der Waals surface area contributed by atoms with Crippen LogP contribution in [0.25, 0.3) is 0 Å². The molecule has 3 atom stereocenters. The summed E-state index contributed by atoms with van der Waals surface area (Å²) >= 11 is 0. The van der Waals surface area contributed by atoms with Crippen LogP contribution in [0, 0.1) is 17.8 Å². The van der Waals surface area contributed by atoms with E-state index >= 15 is 0 Å². The van der Waals surface area contributed by atoms with Crippen LogP contribution in [0.3, 0.4) is 0 Å². The van der Waals surface area contributed by atoms with Gasteiger partial charge in [-0.1, -0.05) is 32.0 Å². The van der Waals surface area contributed by atoms with Crippen LogP contribution in [0.5, 0.6) is 0 Å². The summed E-state index contributed by atoms with van der Waals surface area (Å²) in [7, 11) is 0. The maximum atomic E-state index is 10.4. The molecule has 0 spiro atoms. The summed E-state index contributed by atoms with van der Waals surface area (Å²) in [4.78, 5) is 2.52. The molecule has 116 valence electrons. The summed E-state index contributed by atoms with van der Waals surface area (Å²) in [5.41, 5.74) is 2.89. The zero-order valence-corrected chi connectivity index (χ0v) is 13.5. The number of hydrogen-bond donors (Lipinski definition) is 1. The molecule has 1 aliphatic carbocycles. The lowest BCUT2D eigenvalue weighted by molar-refractivity contribution is 0.0408. The van der Waals surface area contributed by atoms with Crippen molar-refractivity contribution in [3.63, 3.8) is 0 Å². The first-order valence-electron chi connectivity index (χ1n) is 8.66. The van der Waals surface area contributed by atoms with Crippen molar-refractivity contribution in [3.05, 3.63) is 29.8 Å². The number of aryl methyl sites for hydroxylation is 1.